The Kier molecular flexibility index (Phi) is 17.9. The van der Waals surface area contributed by atoms with Crippen LogP contribution in [-0.4, -0.2) is 71.4 Å². The molecule has 2 aliphatic carbocycles. The Morgan fingerprint density at radius 2 is 1.04 bits per heavy atom. The Bertz CT molecular complexity index is 3590. The van der Waals surface area contributed by atoms with Crippen LogP contribution in [0.4, 0.5) is 0 Å². The zero-order valence-corrected chi connectivity index (χ0v) is 45.7. The molecule has 1 fully saturated rings. The molecule has 0 atom stereocenters. The van der Waals surface area contributed by atoms with E-state index in [1.807, 2.05) is 68.4 Å². The molecule has 4 aromatic rings. The lowest BCUT2D eigenvalue weighted by molar-refractivity contribution is -0.496. The Balaban J connectivity index is 0.000000233. The summed E-state index contributed by atoms with van der Waals surface area (Å²) < 4.78 is 12.8. The maximum absolute atomic E-state index is 13.9. The SMILES string of the molecule is CC.CC[NH+]=c1cc2oc3cc(C)c(C)cc3c(-c3ccccc3C(=O)N(C)CCCCCC(=O)ON3C(=O)CCC3=O)c-2cc1C.CC[NH+]=c1cc2oc3cc(C)c(C)cc3c(-c3ccccc3C(=O)O)c-2cc1C. The van der Waals surface area contributed by atoms with Gasteiger partial charge in [-0.3, -0.25) is 14.4 Å². The smallest absolute Gasteiger partial charge is 0.336 e. The van der Waals surface area contributed by atoms with Gasteiger partial charge >= 0.3 is 11.9 Å². The number of carboxylic acids is 1. The number of rotatable bonds is 13. The van der Waals surface area contributed by atoms with Crippen LogP contribution in [0, 0.1) is 41.5 Å². The second-order valence-corrected chi connectivity index (χ2v) is 19.2. The minimum absolute atomic E-state index is 0.0674. The van der Waals surface area contributed by atoms with E-state index in [0.29, 0.717) is 42.0 Å². The molecule has 9 rings (SSSR count). The normalized spacial score (nSPS) is 12.8. The highest BCUT2D eigenvalue weighted by molar-refractivity contribution is 6.10. The van der Waals surface area contributed by atoms with Crippen LogP contribution in [0.25, 0.3) is 66.8 Å². The van der Waals surface area contributed by atoms with Gasteiger partial charge in [-0.15, -0.1) is 5.06 Å². The number of benzene rings is 6. The first kappa shape index (κ1) is 55.6. The van der Waals surface area contributed by atoms with Crippen molar-refractivity contribution in [2.24, 2.45) is 0 Å². The highest BCUT2D eigenvalue weighted by atomic mass is 16.7. The lowest BCUT2D eigenvalue weighted by atomic mass is 9.88. The number of aryl methyl sites for hydroxylation is 6. The summed E-state index contributed by atoms with van der Waals surface area (Å²) in [6, 6.07) is 31.5. The zero-order valence-electron chi connectivity index (χ0n) is 45.7. The second-order valence-electron chi connectivity index (χ2n) is 19.2. The van der Waals surface area contributed by atoms with Crippen molar-refractivity contribution >= 4 is 51.6 Å². The lowest BCUT2D eigenvalue weighted by Crippen LogP contribution is -2.76. The van der Waals surface area contributed by atoms with Crippen molar-refractivity contribution < 1.29 is 52.7 Å². The molecule has 0 saturated carbocycles. The van der Waals surface area contributed by atoms with Gasteiger partial charge in [0.1, 0.15) is 35.8 Å². The number of fused-ring (bicyclic) bond motifs is 4. The first-order valence-corrected chi connectivity index (χ1v) is 26.3. The molecular weight excluding hydrogens is 957 g/mol. The van der Waals surface area contributed by atoms with Gasteiger partial charge in [0.2, 0.25) is 10.7 Å². The van der Waals surface area contributed by atoms with Gasteiger partial charge in [0.15, 0.2) is 0 Å². The molecule has 0 aromatic heterocycles. The van der Waals surface area contributed by atoms with Crippen molar-refractivity contribution in [3.8, 4) is 44.9 Å². The average Bonchev–Trinajstić information content (AvgIpc) is 3.75. The summed E-state index contributed by atoms with van der Waals surface area (Å²) in [6.07, 6.45) is 2.10. The van der Waals surface area contributed by atoms with Crippen LogP contribution in [0.3, 0.4) is 0 Å². The van der Waals surface area contributed by atoms with E-state index in [1.165, 1.54) is 0 Å². The quantitative estimate of drug-likeness (QED) is 0.0578. The summed E-state index contributed by atoms with van der Waals surface area (Å²) in [5.74, 6) is -1.14. The molecule has 0 unspecified atom stereocenters. The largest absolute Gasteiger partial charge is 0.478 e. The van der Waals surface area contributed by atoms with Crippen molar-refractivity contribution in [2.45, 2.75) is 108 Å². The summed E-state index contributed by atoms with van der Waals surface area (Å²) in [6.45, 7) is 22.6. The van der Waals surface area contributed by atoms with E-state index in [4.69, 9.17) is 13.7 Å². The third-order valence-corrected chi connectivity index (χ3v) is 13.9. The molecule has 3 heterocycles. The molecule has 5 aliphatic rings. The van der Waals surface area contributed by atoms with Gasteiger partial charge in [0.05, 0.1) is 17.7 Å². The van der Waals surface area contributed by atoms with Crippen LogP contribution >= 0.6 is 0 Å². The standard InChI is InChI=1S/C36H39N3O6.C25H23NO3.C2H6/c1-6-37-29-21-31-28(19-24(29)4)35(27-18-22(2)23(3)20-30(27)44-31)25-12-9-10-13-26(25)36(43)38(5)17-11-7-8-14-34(42)45-39-32(40)15-16-33(39)41;1-5-26-21-13-23-20(11-16(21)4)24(17-8-6-7-9-18(17)25(27)28)19-10-14(2)15(3)12-22(19)29-23;1-2/h9-10,12-13,18-21H,6-8,11,14-17H2,1-5H3;6-13H,5H2,1-4H3,(H,27,28);1-2H3/p+2. The molecule has 13 heteroatoms. The molecule has 3 amide bonds. The van der Waals surface area contributed by atoms with Gasteiger partial charge in [0, 0.05) is 82.6 Å². The minimum atomic E-state index is -0.937. The number of amides is 3. The maximum atomic E-state index is 13.9. The number of hydroxylamine groups is 2. The van der Waals surface area contributed by atoms with Crippen LogP contribution in [0.1, 0.15) is 120 Å². The number of nitrogens with one attached hydrogen (secondary N) is 2. The molecule has 0 spiro atoms. The van der Waals surface area contributed by atoms with Crippen molar-refractivity contribution in [2.75, 3.05) is 26.7 Å². The topological polar surface area (TPSA) is 176 Å². The fraction of sp³-hybridized carbons (Fsp3) is 0.317. The Hall–Kier alpha value is -8.19. The molecule has 394 valence electrons. The number of carbonyl (C=O) groups is 5. The van der Waals surface area contributed by atoms with E-state index in [1.54, 1.807) is 24.1 Å². The highest BCUT2D eigenvalue weighted by Gasteiger charge is 2.33. The Morgan fingerprint density at radius 3 is 1.51 bits per heavy atom. The van der Waals surface area contributed by atoms with Gasteiger partial charge in [-0.25, -0.2) is 19.6 Å². The number of aromatic carboxylic acids is 1. The predicted octanol–water partition coefficient (Wildman–Crippen LogP) is 9.23. The summed E-state index contributed by atoms with van der Waals surface area (Å²) in [5, 5.41) is 14.3. The number of carbonyl (C=O) groups excluding carboxylic acids is 4. The maximum Gasteiger partial charge on any atom is 0.336 e. The monoisotopic (exact) mass is 1030 g/mol. The summed E-state index contributed by atoms with van der Waals surface area (Å²) in [4.78, 5) is 74.7. The highest BCUT2D eigenvalue weighted by Crippen LogP contribution is 2.44. The second kappa shape index (κ2) is 24.4. The first-order chi connectivity index (χ1) is 36.5. The fourth-order valence-electron chi connectivity index (χ4n) is 9.63. The third kappa shape index (κ3) is 11.8. The van der Waals surface area contributed by atoms with Crippen molar-refractivity contribution in [1.29, 1.82) is 0 Å². The molecule has 76 heavy (non-hydrogen) atoms. The number of carboxylic acid groups (broad SMARTS) is 1. The first-order valence-electron chi connectivity index (χ1n) is 26.3. The van der Waals surface area contributed by atoms with Crippen molar-refractivity contribution in [1.82, 2.24) is 9.96 Å². The summed E-state index contributed by atoms with van der Waals surface area (Å²) in [5.41, 5.74) is 14.4. The van der Waals surface area contributed by atoms with E-state index in [0.717, 1.165) is 118 Å². The molecule has 3 aliphatic heterocycles. The Morgan fingerprint density at radius 1 is 0.592 bits per heavy atom. The van der Waals surface area contributed by atoms with Gasteiger partial charge in [0.25, 0.3) is 17.7 Å². The van der Waals surface area contributed by atoms with Crippen molar-refractivity contribution in [3.05, 3.63) is 152 Å². The third-order valence-electron chi connectivity index (χ3n) is 13.9. The van der Waals surface area contributed by atoms with Gasteiger partial charge in [-0.05, 0) is 150 Å². The van der Waals surface area contributed by atoms with E-state index in [9.17, 15) is 29.1 Å². The van der Waals surface area contributed by atoms with Gasteiger partial charge in [-0.2, -0.15) is 0 Å². The predicted molar refractivity (Wildman–Crippen MR) is 295 cm³/mol. The summed E-state index contributed by atoms with van der Waals surface area (Å²) in [7, 11) is 1.79. The van der Waals surface area contributed by atoms with E-state index in [2.05, 4.69) is 95.7 Å². The van der Waals surface area contributed by atoms with E-state index < -0.39 is 23.8 Å². The number of hydrogen-bond acceptors (Lipinski definition) is 8. The zero-order chi connectivity index (χ0) is 55.0. The molecule has 4 aromatic carbocycles. The lowest BCUT2D eigenvalue weighted by Gasteiger charge is -2.22. The minimum Gasteiger partial charge on any atom is -0.478 e. The number of unbranched alkanes of at least 4 members (excludes halogenated alkanes) is 2. The van der Waals surface area contributed by atoms with Gasteiger partial charge in [-0.1, -0.05) is 56.7 Å². The van der Waals surface area contributed by atoms with Crippen LogP contribution in [0.5, 0.6) is 0 Å². The molecular formula is C63H70N4O9+2. The van der Waals surface area contributed by atoms with Crippen LogP contribution in [-0.2, 0) is 19.2 Å². The van der Waals surface area contributed by atoms with Crippen LogP contribution in [0.15, 0.2) is 106 Å². The van der Waals surface area contributed by atoms with E-state index in [-0.39, 0.29) is 30.7 Å². The molecule has 0 bridgehead atoms. The van der Waals surface area contributed by atoms with E-state index >= 15 is 0 Å². The Labute approximate surface area is 444 Å². The number of nitrogens with zero attached hydrogens (tertiary/aromatic N) is 2. The molecule has 13 nitrogen and oxygen atoms in total. The molecule has 1 saturated heterocycles. The average molecular weight is 1030 g/mol. The van der Waals surface area contributed by atoms with Crippen LogP contribution in [0.2, 0.25) is 0 Å². The van der Waals surface area contributed by atoms with Crippen molar-refractivity contribution in [3.63, 3.8) is 0 Å². The van der Waals surface area contributed by atoms with Crippen LogP contribution < -0.4 is 20.7 Å². The number of imide groups is 1. The number of hydrogen-bond donors (Lipinski definition) is 3. The summed E-state index contributed by atoms with van der Waals surface area (Å²) >= 11 is 0. The molecule has 3 N–H and O–H groups in total. The fourth-order valence-corrected chi connectivity index (χ4v) is 9.63. The molecule has 0 radical (unpaired) electrons. The van der Waals surface area contributed by atoms with Gasteiger partial charge < -0.3 is 23.7 Å².